The second kappa shape index (κ2) is 7.45. The van der Waals surface area contributed by atoms with Gasteiger partial charge in [-0.3, -0.25) is 0 Å². The molecule has 0 spiro atoms. The van der Waals surface area contributed by atoms with E-state index in [2.05, 4.69) is 11.9 Å². The molecule has 0 radical (unpaired) electrons. The molecule has 3 nitrogen and oxygen atoms in total. The summed E-state index contributed by atoms with van der Waals surface area (Å²) in [4.78, 5) is 17.2. The molecule has 4 heteroatoms. The fraction of sp³-hybridized carbons (Fsp3) is 0.200. The van der Waals surface area contributed by atoms with Crippen LogP contribution in [0.5, 0.6) is 0 Å². The minimum absolute atomic E-state index is 0.338. The van der Waals surface area contributed by atoms with Gasteiger partial charge in [0.25, 0.3) is 0 Å². The molecule has 0 aliphatic heterocycles. The average molecular weight is 340 g/mol. The Balaban J connectivity index is 2.10. The number of esters is 1. The van der Waals surface area contributed by atoms with Crippen LogP contribution in [0.15, 0.2) is 54.6 Å². The van der Waals surface area contributed by atoms with Crippen LogP contribution >= 0.6 is 11.6 Å². The number of rotatable bonds is 5. The molecule has 3 aromatic rings. The summed E-state index contributed by atoms with van der Waals surface area (Å²) in [5.74, 6) is -0.338. The molecule has 122 valence electrons. The van der Waals surface area contributed by atoms with Crippen molar-refractivity contribution in [2.75, 3.05) is 6.61 Å². The highest BCUT2D eigenvalue weighted by Gasteiger charge is 2.15. The standard InChI is InChI=1S/C20H18ClNO2/c1-2-3-11-24-20(23)17-13-19(14-7-5-4-6-8-14)22-18-10-9-15(21)12-16(17)18/h4-10,12-13H,2-3,11H2,1H3. The van der Waals surface area contributed by atoms with Crippen molar-refractivity contribution in [3.63, 3.8) is 0 Å². The Morgan fingerprint density at radius 1 is 1.12 bits per heavy atom. The normalized spacial score (nSPS) is 10.8. The number of carbonyl (C=O) groups excluding carboxylic acids is 1. The lowest BCUT2D eigenvalue weighted by Gasteiger charge is -2.10. The topological polar surface area (TPSA) is 39.2 Å². The first-order chi connectivity index (χ1) is 11.7. The molecule has 0 N–H and O–H groups in total. The van der Waals surface area contributed by atoms with Gasteiger partial charge in [0.15, 0.2) is 0 Å². The molecule has 0 bridgehead atoms. The van der Waals surface area contributed by atoms with Gasteiger partial charge in [0.2, 0.25) is 0 Å². The van der Waals surface area contributed by atoms with Crippen LogP contribution in [0.2, 0.25) is 5.02 Å². The van der Waals surface area contributed by atoms with E-state index in [0.29, 0.717) is 22.6 Å². The number of unbranched alkanes of at least 4 members (excludes halogenated alkanes) is 1. The Morgan fingerprint density at radius 3 is 2.67 bits per heavy atom. The minimum Gasteiger partial charge on any atom is -0.462 e. The summed E-state index contributed by atoms with van der Waals surface area (Å²) < 4.78 is 5.40. The largest absolute Gasteiger partial charge is 0.462 e. The van der Waals surface area contributed by atoms with Crippen LogP contribution in [-0.4, -0.2) is 17.6 Å². The van der Waals surface area contributed by atoms with Crippen LogP contribution in [0.25, 0.3) is 22.2 Å². The van der Waals surface area contributed by atoms with Gasteiger partial charge >= 0.3 is 5.97 Å². The second-order valence-electron chi connectivity index (χ2n) is 5.57. The summed E-state index contributed by atoms with van der Waals surface area (Å²) >= 11 is 6.10. The molecule has 0 atom stereocenters. The van der Waals surface area contributed by atoms with E-state index in [4.69, 9.17) is 16.3 Å². The van der Waals surface area contributed by atoms with E-state index in [0.717, 1.165) is 29.6 Å². The molecule has 0 aliphatic carbocycles. The highest BCUT2D eigenvalue weighted by Crippen LogP contribution is 2.27. The summed E-state index contributed by atoms with van der Waals surface area (Å²) in [6.45, 7) is 2.48. The number of aromatic nitrogens is 1. The predicted octanol–water partition coefficient (Wildman–Crippen LogP) is 5.51. The number of pyridine rings is 1. The van der Waals surface area contributed by atoms with E-state index < -0.39 is 0 Å². The van der Waals surface area contributed by atoms with Crippen LogP contribution in [0.3, 0.4) is 0 Å². The first-order valence-corrected chi connectivity index (χ1v) is 8.39. The molecule has 0 aliphatic rings. The van der Waals surface area contributed by atoms with Crippen molar-refractivity contribution in [2.45, 2.75) is 19.8 Å². The third-order valence-corrected chi connectivity index (χ3v) is 4.03. The predicted molar refractivity (Wildman–Crippen MR) is 97.4 cm³/mol. The van der Waals surface area contributed by atoms with Gasteiger partial charge in [0.05, 0.1) is 23.4 Å². The first kappa shape index (κ1) is 16.5. The van der Waals surface area contributed by atoms with Gasteiger partial charge in [0, 0.05) is 16.0 Å². The maximum atomic E-state index is 12.5. The second-order valence-corrected chi connectivity index (χ2v) is 6.01. The summed E-state index contributed by atoms with van der Waals surface area (Å²) in [7, 11) is 0. The van der Waals surface area contributed by atoms with Crippen molar-refractivity contribution in [2.24, 2.45) is 0 Å². The highest BCUT2D eigenvalue weighted by atomic mass is 35.5. The van der Waals surface area contributed by atoms with E-state index in [-0.39, 0.29) is 5.97 Å². The van der Waals surface area contributed by atoms with Gasteiger partial charge in [-0.05, 0) is 30.7 Å². The van der Waals surface area contributed by atoms with Crippen molar-refractivity contribution in [3.05, 3.63) is 65.2 Å². The molecule has 0 saturated carbocycles. The molecule has 24 heavy (non-hydrogen) atoms. The number of hydrogen-bond acceptors (Lipinski definition) is 3. The molecule has 3 rings (SSSR count). The van der Waals surface area contributed by atoms with Crippen LogP contribution < -0.4 is 0 Å². The minimum atomic E-state index is -0.338. The smallest absolute Gasteiger partial charge is 0.338 e. The molecule has 1 heterocycles. The molecule has 1 aromatic heterocycles. The zero-order chi connectivity index (χ0) is 16.9. The third-order valence-electron chi connectivity index (χ3n) is 3.79. The molecule has 0 amide bonds. The lowest BCUT2D eigenvalue weighted by molar-refractivity contribution is 0.0502. The fourth-order valence-corrected chi connectivity index (χ4v) is 2.68. The average Bonchev–Trinajstić information content (AvgIpc) is 2.61. The summed E-state index contributed by atoms with van der Waals surface area (Å²) in [6, 6.07) is 16.9. The molecular formula is C20H18ClNO2. The first-order valence-electron chi connectivity index (χ1n) is 8.02. The van der Waals surface area contributed by atoms with Gasteiger partial charge in [0.1, 0.15) is 0 Å². The van der Waals surface area contributed by atoms with Gasteiger partial charge in [-0.15, -0.1) is 0 Å². The van der Waals surface area contributed by atoms with Gasteiger partial charge in [-0.1, -0.05) is 55.3 Å². The molecular weight excluding hydrogens is 322 g/mol. The zero-order valence-electron chi connectivity index (χ0n) is 13.5. The van der Waals surface area contributed by atoms with Crippen molar-refractivity contribution in [3.8, 4) is 11.3 Å². The van der Waals surface area contributed by atoms with Gasteiger partial charge in [-0.25, -0.2) is 9.78 Å². The van der Waals surface area contributed by atoms with Crippen molar-refractivity contribution in [1.29, 1.82) is 0 Å². The van der Waals surface area contributed by atoms with Gasteiger partial charge in [-0.2, -0.15) is 0 Å². The SMILES string of the molecule is CCCCOC(=O)c1cc(-c2ccccc2)nc2ccc(Cl)cc12. The van der Waals surface area contributed by atoms with Crippen LogP contribution in [-0.2, 0) is 4.74 Å². The summed E-state index contributed by atoms with van der Waals surface area (Å²) in [5.41, 5.74) is 2.92. The van der Waals surface area contributed by atoms with Gasteiger partial charge < -0.3 is 4.74 Å². The van der Waals surface area contributed by atoms with Crippen LogP contribution in [0, 0.1) is 0 Å². The monoisotopic (exact) mass is 339 g/mol. The van der Waals surface area contributed by atoms with Crippen LogP contribution in [0.1, 0.15) is 30.1 Å². The maximum Gasteiger partial charge on any atom is 0.338 e. The lowest BCUT2D eigenvalue weighted by atomic mass is 10.0. The Bertz CT molecular complexity index is 862. The number of halogens is 1. The van der Waals surface area contributed by atoms with Crippen molar-refractivity contribution >= 4 is 28.5 Å². The Kier molecular flexibility index (Phi) is 5.11. The molecule has 0 saturated heterocycles. The number of carbonyl (C=O) groups is 1. The quantitative estimate of drug-likeness (QED) is 0.454. The Morgan fingerprint density at radius 2 is 1.92 bits per heavy atom. The number of nitrogens with zero attached hydrogens (tertiary/aromatic N) is 1. The van der Waals surface area contributed by atoms with E-state index in [1.165, 1.54) is 0 Å². The van der Waals surface area contributed by atoms with Crippen LogP contribution in [0.4, 0.5) is 0 Å². The lowest BCUT2D eigenvalue weighted by Crippen LogP contribution is -2.08. The number of ether oxygens (including phenoxy) is 1. The summed E-state index contributed by atoms with van der Waals surface area (Å²) in [6.07, 6.45) is 1.83. The van der Waals surface area contributed by atoms with Crippen molar-refractivity contribution in [1.82, 2.24) is 4.98 Å². The molecule has 2 aromatic carbocycles. The molecule has 0 unspecified atom stereocenters. The molecule has 0 fully saturated rings. The van der Waals surface area contributed by atoms with Crippen molar-refractivity contribution < 1.29 is 9.53 Å². The third kappa shape index (κ3) is 3.57. The number of fused-ring (bicyclic) bond motifs is 1. The maximum absolute atomic E-state index is 12.5. The van der Waals surface area contributed by atoms with E-state index in [9.17, 15) is 4.79 Å². The fourth-order valence-electron chi connectivity index (χ4n) is 2.51. The zero-order valence-corrected chi connectivity index (χ0v) is 14.2. The van der Waals surface area contributed by atoms with E-state index in [1.807, 2.05) is 36.4 Å². The van der Waals surface area contributed by atoms with E-state index >= 15 is 0 Å². The number of hydrogen-bond donors (Lipinski definition) is 0. The highest BCUT2D eigenvalue weighted by molar-refractivity contribution is 6.31. The Hall–Kier alpha value is -2.39. The number of benzene rings is 2. The van der Waals surface area contributed by atoms with E-state index in [1.54, 1.807) is 18.2 Å². The Labute approximate surface area is 146 Å². The summed E-state index contributed by atoms with van der Waals surface area (Å²) in [5, 5.41) is 1.28.